The van der Waals surface area contributed by atoms with Gasteiger partial charge in [-0.1, -0.05) is 48.5 Å². The molecule has 0 aromatic heterocycles. The second-order valence-electron chi connectivity index (χ2n) is 7.68. The molecule has 1 atom stereocenters. The molecule has 142 valence electrons. The van der Waals surface area contributed by atoms with Gasteiger partial charge in [0.2, 0.25) is 0 Å². The van der Waals surface area contributed by atoms with E-state index in [0.717, 1.165) is 49.1 Å². The summed E-state index contributed by atoms with van der Waals surface area (Å²) in [6, 6.07) is 6.63. The van der Waals surface area contributed by atoms with Crippen LogP contribution < -0.4 is 0 Å². The highest BCUT2D eigenvalue weighted by Gasteiger charge is 2.49. The molecular formula is C19H40O3Si2. The first-order valence-electron chi connectivity index (χ1n) is 10.2. The summed E-state index contributed by atoms with van der Waals surface area (Å²) in [6.07, 6.45) is 2.27. The minimum atomic E-state index is -1.82. The maximum Gasteiger partial charge on any atom is 0.195 e. The van der Waals surface area contributed by atoms with Crippen LogP contribution in [-0.2, 0) is 13.6 Å². The Morgan fingerprint density at radius 3 is 1.54 bits per heavy atom. The van der Waals surface area contributed by atoms with Gasteiger partial charge in [-0.25, -0.2) is 0 Å². The van der Waals surface area contributed by atoms with Crippen molar-refractivity contribution in [3.8, 4) is 0 Å². The van der Waals surface area contributed by atoms with Crippen molar-refractivity contribution in [1.82, 2.24) is 0 Å². The summed E-state index contributed by atoms with van der Waals surface area (Å²) in [5.74, 6) is -0.127. The highest BCUT2D eigenvalue weighted by molar-refractivity contribution is 6.74. The fraction of sp³-hybridized carbons (Fsp3) is 0.947. The lowest BCUT2D eigenvalue weighted by molar-refractivity contribution is -0.169. The van der Waals surface area contributed by atoms with Gasteiger partial charge >= 0.3 is 0 Å². The molecule has 0 radical (unpaired) electrons. The van der Waals surface area contributed by atoms with Crippen molar-refractivity contribution in [1.29, 1.82) is 0 Å². The van der Waals surface area contributed by atoms with Gasteiger partial charge in [-0.15, -0.1) is 0 Å². The van der Waals surface area contributed by atoms with Crippen LogP contribution in [0.3, 0.4) is 0 Å². The van der Waals surface area contributed by atoms with Crippen molar-refractivity contribution < 1.29 is 13.6 Å². The zero-order valence-corrected chi connectivity index (χ0v) is 19.2. The minimum absolute atomic E-state index is 0.159. The SMILES string of the molecule is CC[Si](CC)(CC)OC1(O[Si](CC)(CC)CC)CCC(C)C(=O)C1. The topological polar surface area (TPSA) is 35.5 Å². The van der Waals surface area contributed by atoms with Gasteiger partial charge in [0.05, 0.1) is 6.42 Å². The number of hydrogen-bond donors (Lipinski definition) is 0. The summed E-state index contributed by atoms with van der Waals surface area (Å²) in [5.41, 5.74) is 0. The minimum Gasteiger partial charge on any atom is -0.390 e. The maximum atomic E-state index is 12.6. The number of hydrogen-bond acceptors (Lipinski definition) is 3. The number of rotatable bonds is 10. The lowest BCUT2D eigenvalue weighted by Crippen LogP contribution is -2.57. The number of carbonyl (C=O) groups excluding carboxylic acids is 1. The van der Waals surface area contributed by atoms with Gasteiger partial charge in [0.25, 0.3) is 0 Å². The highest BCUT2D eigenvalue weighted by Crippen LogP contribution is 2.42. The largest absolute Gasteiger partial charge is 0.390 e. The van der Waals surface area contributed by atoms with Gasteiger partial charge < -0.3 is 8.85 Å². The fourth-order valence-corrected chi connectivity index (χ4v) is 10.0. The van der Waals surface area contributed by atoms with Crippen molar-refractivity contribution in [2.24, 2.45) is 5.92 Å². The van der Waals surface area contributed by atoms with E-state index in [9.17, 15) is 4.79 Å². The average molecular weight is 373 g/mol. The Bertz CT molecular complexity index is 365. The predicted octanol–water partition coefficient (Wildman–Crippen LogP) is 6.12. The molecule has 0 heterocycles. The number of Topliss-reactive ketones (excluding diaryl/α,β-unsaturated/α-hetero) is 1. The van der Waals surface area contributed by atoms with Crippen molar-refractivity contribution in [2.45, 2.75) is 110 Å². The van der Waals surface area contributed by atoms with E-state index >= 15 is 0 Å². The van der Waals surface area contributed by atoms with Crippen LogP contribution in [0.5, 0.6) is 0 Å². The molecule has 3 nitrogen and oxygen atoms in total. The fourth-order valence-electron chi connectivity index (χ4n) is 4.04. The van der Waals surface area contributed by atoms with E-state index in [0.29, 0.717) is 12.2 Å². The Labute approximate surface area is 152 Å². The Hall–Kier alpha value is 0.0238. The molecule has 5 heteroatoms. The standard InChI is InChI=1S/C19H40O3Si2/c1-8-23(9-2,10-3)21-19(15-14-17(7)18(20)16-19)22-24(11-4,12-5)13-6/h17H,8-16H2,1-7H3. The lowest BCUT2D eigenvalue weighted by Gasteiger charge is -2.49. The summed E-state index contributed by atoms with van der Waals surface area (Å²) >= 11 is 0. The molecule has 1 rings (SSSR count). The molecule has 1 fully saturated rings. The number of ketones is 1. The first kappa shape index (κ1) is 22.1. The average Bonchev–Trinajstić information content (AvgIpc) is 2.62. The van der Waals surface area contributed by atoms with Gasteiger partial charge in [-0.2, -0.15) is 0 Å². The monoisotopic (exact) mass is 372 g/mol. The first-order chi connectivity index (χ1) is 11.3. The smallest absolute Gasteiger partial charge is 0.195 e. The third-order valence-electron chi connectivity index (χ3n) is 6.62. The van der Waals surface area contributed by atoms with Crippen LogP contribution in [0.15, 0.2) is 0 Å². The summed E-state index contributed by atoms with van der Waals surface area (Å²) in [5, 5.41) is 0. The molecule has 1 aliphatic rings. The van der Waals surface area contributed by atoms with Crippen LogP contribution >= 0.6 is 0 Å². The van der Waals surface area contributed by atoms with E-state index in [2.05, 4.69) is 48.5 Å². The van der Waals surface area contributed by atoms with E-state index in [-0.39, 0.29) is 5.92 Å². The molecule has 24 heavy (non-hydrogen) atoms. The van der Waals surface area contributed by atoms with Gasteiger partial charge in [-0.05, 0) is 42.7 Å². The zero-order chi connectivity index (χ0) is 18.4. The Kier molecular flexibility index (Phi) is 8.37. The summed E-state index contributed by atoms with van der Waals surface area (Å²) in [7, 11) is -3.64. The molecule has 0 saturated heterocycles. The molecule has 0 aliphatic heterocycles. The van der Waals surface area contributed by atoms with Crippen molar-refractivity contribution in [3.05, 3.63) is 0 Å². The van der Waals surface area contributed by atoms with Crippen LogP contribution in [-0.4, -0.2) is 28.2 Å². The van der Waals surface area contributed by atoms with E-state index < -0.39 is 22.4 Å². The van der Waals surface area contributed by atoms with Gasteiger partial charge in [0.1, 0.15) is 5.78 Å². The van der Waals surface area contributed by atoms with Crippen LogP contribution in [0.25, 0.3) is 0 Å². The molecular weight excluding hydrogens is 332 g/mol. The van der Waals surface area contributed by atoms with Crippen molar-refractivity contribution >= 4 is 22.4 Å². The molecule has 0 bridgehead atoms. The summed E-state index contributed by atoms with van der Waals surface area (Å²) in [6.45, 7) is 15.6. The third kappa shape index (κ3) is 4.80. The number of carbonyl (C=O) groups is 1. The van der Waals surface area contributed by atoms with E-state index in [4.69, 9.17) is 8.85 Å². The second kappa shape index (κ2) is 9.10. The zero-order valence-electron chi connectivity index (χ0n) is 17.2. The van der Waals surface area contributed by atoms with E-state index in [1.807, 2.05) is 0 Å². The summed E-state index contributed by atoms with van der Waals surface area (Å²) < 4.78 is 13.8. The molecule has 0 aromatic rings. The van der Waals surface area contributed by atoms with Crippen LogP contribution in [0.1, 0.15) is 67.7 Å². The molecule has 0 amide bonds. The predicted molar refractivity (Wildman–Crippen MR) is 107 cm³/mol. The lowest BCUT2D eigenvalue weighted by atomic mass is 9.85. The molecule has 1 aliphatic carbocycles. The van der Waals surface area contributed by atoms with E-state index in [1.54, 1.807) is 0 Å². The Morgan fingerprint density at radius 2 is 1.25 bits per heavy atom. The molecule has 1 saturated carbocycles. The Balaban J connectivity index is 3.19. The van der Waals surface area contributed by atoms with Crippen LogP contribution in [0.4, 0.5) is 0 Å². The summed E-state index contributed by atoms with van der Waals surface area (Å²) in [4.78, 5) is 12.6. The van der Waals surface area contributed by atoms with Gasteiger partial charge in [0.15, 0.2) is 22.4 Å². The van der Waals surface area contributed by atoms with Crippen molar-refractivity contribution in [3.63, 3.8) is 0 Å². The normalized spacial score (nSPS) is 22.0. The quantitative estimate of drug-likeness (QED) is 0.342. The second-order valence-corrected chi connectivity index (χ2v) is 17.1. The van der Waals surface area contributed by atoms with Crippen LogP contribution in [0, 0.1) is 5.92 Å². The maximum absolute atomic E-state index is 12.6. The molecule has 0 N–H and O–H groups in total. The van der Waals surface area contributed by atoms with Crippen molar-refractivity contribution in [2.75, 3.05) is 0 Å². The van der Waals surface area contributed by atoms with Crippen LogP contribution in [0.2, 0.25) is 36.3 Å². The molecule has 0 spiro atoms. The van der Waals surface area contributed by atoms with Gasteiger partial charge in [-0.3, -0.25) is 4.79 Å². The molecule has 1 unspecified atom stereocenters. The van der Waals surface area contributed by atoms with E-state index in [1.165, 1.54) is 0 Å². The molecule has 0 aromatic carbocycles. The first-order valence-corrected chi connectivity index (χ1v) is 15.3. The third-order valence-corrected chi connectivity index (χ3v) is 16.0. The highest BCUT2D eigenvalue weighted by atomic mass is 28.4. The Morgan fingerprint density at radius 1 is 0.875 bits per heavy atom. The van der Waals surface area contributed by atoms with Gasteiger partial charge in [0, 0.05) is 12.3 Å².